The summed E-state index contributed by atoms with van der Waals surface area (Å²) in [6, 6.07) is -0.152. The predicted octanol–water partition coefficient (Wildman–Crippen LogP) is 0.250. The van der Waals surface area contributed by atoms with E-state index >= 15 is 0 Å². The molecule has 0 aliphatic carbocycles. The Morgan fingerprint density at radius 1 is 1.55 bits per heavy atom. The van der Waals surface area contributed by atoms with Gasteiger partial charge in [0, 0.05) is 18.2 Å². The lowest BCUT2D eigenvalue weighted by atomic mass is 10.1. The maximum Gasteiger partial charge on any atom is 0.138 e. The summed E-state index contributed by atoms with van der Waals surface area (Å²) in [6.07, 6.45) is 0. The number of rotatable bonds is 2. The van der Waals surface area contributed by atoms with Crippen molar-refractivity contribution in [3.8, 4) is 0 Å². The Morgan fingerprint density at radius 3 is 2.55 bits per heavy atom. The molecule has 0 aromatic carbocycles. The van der Waals surface area contributed by atoms with Gasteiger partial charge < -0.3 is 16.0 Å². The summed E-state index contributed by atoms with van der Waals surface area (Å²) in [6.45, 7) is 4.12. The van der Waals surface area contributed by atoms with Crippen LogP contribution in [0.4, 0.5) is 0 Å². The van der Waals surface area contributed by atoms with Gasteiger partial charge in [-0.2, -0.15) is 0 Å². The molecule has 0 fully saturated rings. The molecule has 1 aromatic heterocycles. The number of aryl methyl sites for hydroxylation is 2. The van der Waals surface area contributed by atoms with Gasteiger partial charge in [-0.3, -0.25) is 0 Å². The van der Waals surface area contributed by atoms with Crippen LogP contribution >= 0.6 is 0 Å². The summed E-state index contributed by atoms with van der Waals surface area (Å²) >= 11 is 0. The third-order valence-corrected chi connectivity index (χ3v) is 1.71. The van der Waals surface area contributed by atoms with Crippen LogP contribution < -0.4 is 11.5 Å². The molecular formula is C7H13N3O. The maximum absolute atomic E-state index is 5.72. The molecule has 62 valence electrons. The van der Waals surface area contributed by atoms with Gasteiger partial charge in [0.05, 0.1) is 5.69 Å². The zero-order chi connectivity index (χ0) is 8.43. The predicted molar refractivity (Wildman–Crippen MR) is 42.0 cm³/mol. The quantitative estimate of drug-likeness (QED) is 0.641. The number of hydrogen-bond donors (Lipinski definition) is 2. The molecule has 1 aromatic rings. The second-order valence-corrected chi connectivity index (χ2v) is 2.58. The van der Waals surface area contributed by atoms with Crippen LogP contribution in [0.15, 0.2) is 4.52 Å². The fourth-order valence-electron chi connectivity index (χ4n) is 1.14. The van der Waals surface area contributed by atoms with Gasteiger partial charge in [-0.25, -0.2) is 0 Å². The first-order valence-electron chi connectivity index (χ1n) is 3.55. The van der Waals surface area contributed by atoms with Crippen molar-refractivity contribution in [2.45, 2.75) is 19.9 Å². The Hall–Kier alpha value is -0.870. The standard InChI is InChI=1S/C7H13N3O/c1-4-7(6(9)3-8)5(2)11-10-4/h6H,3,8-9H2,1-2H3. The highest BCUT2D eigenvalue weighted by Gasteiger charge is 2.14. The third kappa shape index (κ3) is 1.41. The minimum atomic E-state index is -0.152. The van der Waals surface area contributed by atoms with Crippen LogP contribution in [0.25, 0.3) is 0 Å². The Bertz CT molecular complexity index is 224. The highest BCUT2D eigenvalue weighted by atomic mass is 16.5. The molecule has 11 heavy (non-hydrogen) atoms. The van der Waals surface area contributed by atoms with Crippen molar-refractivity contribution in [1.82, 2.24) is 5.16 Å². The lowest BCUT2D eigenvalue weighted by Crippen LogP contribution is -2.21. The van der Waals surface area contributed by atoms with Crippen molar-refractivity contribution in [3.63, 3.8) is 0 Å². The molecule has 0 spiro atoms. The molecule has 4 nitrogen and oxygen atoms in total. The summed E-state index contributed by atoms with van der Waals surface area (Å²) in [7, 11) is 0. The second kappa shape index (κ2) is 3.02. The van der Waals surface area contributed by atoms with Crippen LogP contribution in [0.1, 0.15) is 23.1 Å². The van der Waals surface area contributed by atoms with Crippen molar-refractivity contribution in [1.29, 1.82) is 0 Å². The van der Waals surface area contributed by atoms with Crippen LogP contribution in [-0.2, 0) is 0 Å². The number of nitrogens with two attached hydrogens (primary N) is 2. The molecule has 0 saturated carbocycles. The molecule has 1 rings (SSSR count). The highest BCUT2D eigenvalue weighted by molar-refractivity contribution is 5.24. The van der Waals surface area contributed by atoms with Gasteiger partial charge >= 0.3 is 0 Å². The Balaban J connectivity index is 3.00. The normalized spacial score (nSPS) is 13.5. The second-order valence-electron chi connectivity index (χ2n) is 2.58. The summed E-state index contributed by atoms with van der Waals surface area (Å²) in [4.78, 5) is 0. The van der Waals surface area contributed by atoms with Gasteiger partial charge in [-0.15, -0.1) is 0 Å². The fraction of sp³-hybridized carbons (Fsp3) is 0.571. The van der Waals surface area contributed by atoms with Crippen LogP contribution in [0.2, 0.25) is 0 Å². The number of aromatic nitrogens is 1. The Labute approximate surface area is 65.5 Å². The van der Waals surface area contributed by atoms with Gasteiger partial charge in [-0.1, -0.05) is 5.16 Å². The first-order chi connectivity index (χ1) is 5.16. The molecule has 0 bridgehead atoms. The highest BCUT2D eigenvalue weighted by Crippen LogP contribution is 2.17. The summed E-state index contributed by atoms with van der Waals surface area (Å²) in [5, 5.41) is 3.77. The Morgan fingerprint density at radius 2 is 2.18 bits per heavy atom. The van der Waals surface area contributed by atoms with E-state index in [1.54, 1.807) is 0 Å². The van der Waals surface area contributed by atoms with Crippen molar-refractivity contribution >= 4 is 0 Å². The lowest BCUT2D eigenvalue weighted by Gasteiger charge is -2.06. The van der Waals surface area contributed by atoms with Gasteiger partial charge in [0.1, 0.15) is 5.76 Å². The first-order valence-corrected chi connectivity index (χ1v) is 3.55. The molecule has 4 heteroatoms. The zero-order valence-corrected chi connectivity index (χ0v) is 6.79. The van der Waals surface area contributed by atoms with Crippen molar-refractivity contribution in [2.24, 2.45) is 11.5 Å². The Kier molecular flexibility index (Phi) is 2.26. The van der Waals surface area contributed by atoms with Crippen molar-refractivity contribution in [2.75, 3.05) is 6.54 Å². The van der Waals surface area contributed by atoms with E-state index in [9.17, 15) is 0 Å². The van der Waals surface area contributed by atoms with Gasteiger partial charge in [0.2, 0.25) is 0 Å². The van der Waals surface area contributed by atoms with Crippen LogP contribution in [0.5, 0.6) is 0 Å². The minimum absolute atomic E-state index is 0.152. The lowest BCUT2D eigenvalue weighted by molar-refractivity contribution is 0.391. The molecule has 1 heterocycles. The van der Waals surface area contributed by atoms with E-state index in [2.05, 4.69) is 5.16 Å². The number of hydrogen-bond acceptors (Lipinski definition) is 4. The molecule has 4 N–H and O–H groups in total. The zero-order valence-electron chi connectivity index (χ0n) is 6.79. The maximum atomic E-state index is 5.72. The van der Waals surface area contributed by atoms with E-state index in [1.807, 2.05) is 13.8 Å². The first kappa shape index (κ1) is 8.23. The monoisotopic (exact) mass is 155 g/mol. The van der Waals surface area contributed by atoms with Gasteiger partial charge in [-0.05, 0) is 13.8 Å². The smallest absolute Gasteiger partial charge is 0.138 e. The van der Waals surface area contributed by atoms with E-state index in [1.165, 1.54) is 0 Å². The van der Waals surface area contributed by atoms with E-state index in [0.29, 0.717) is 6.54 Å². The van der Waals surface area contributed by atoms with Crippen molar-refractivity contribution < 1.29 is 4.52 Å². The molecule has 0 amide bonds. The summed E-state index contributed by atoms with van der Waals surface area (Å²) in [5.41, 5.74) is 12.9. The summed E-state index contributed by atoms with van der Waals surface area (Å²) < 4.78 is 4.93. The van der Waals surface area contributed by atoms with Crippen LogP contribution in [0.3, 0.4) is 0 Å². The summed E-state index contributed by atoms with van der Waals surface area (Å²) in [5.74, 6) is 0.764. The van der Waals surface area contributed by atoms with E-state index in [0.717, 1.165) is 17.0 Å². The fourth-order valence-corrected chi connectivity index (χ4v) is 1.14. The molecule has 0 radical (unpaired) electrons. The van der Waals surface area contributed by atoms with Crippen LogP contribution in [0, 0.1) is 13.8 Å². The van der Waals surface area contributed by atoms with Gasteiger partial charge in [0.25, 0.3) is 0 Å². The van der Waals surface area contributed by atoms with E-state index < -0.39 is 0 Å². The molecular weight excluding hydrogens is 142 g/mol. The SMILES string of the molecule is Cc1noc(C)c1C(N)CN. The van der Waals surface area contributed by atoms with E-state index in [-0.39, 0.29) is 6.04 Å². The largest absolute Gasteiger partial charge is 0.361 e. The van der Waals surface area contributed by atoms with Gasteiger partial charge in [0.15, 0.2) is 0 Å². The van der Waals surface area contributed by atoms with Crippen molar-refractivity contribution in [3.05, 3.63) is 17.0 Å². The third-order valence-electron chi connectivity index (χ3n) is 1.71. The topological polar surface area (TPSA) is 78.1 Å². The molecule has 0 saturated heterocycles. The average Bonchev–Trinajstić information content (AvgIpc) is 2.30. The van der Waals surface area contributed by atoms with Crippen LogP contribution in [-0.4, -0.2) is 11.7 Å². The molecule has 0 aliphatic heterocycles. The number of nitrogens with zero attached hydrogens (tertiary/aromatic N) is 1. The molecule has 0 aliphatic rings. The minimum Gasteiger partial charge on any atom is -0.361 e. The molecule has 1 unspecified atom stereocenters. The van der Waals surface area contributed by atoms with E-state index in [4.69, 9.17) is 16.0 Å². The molecule has 1 atom stereocenters. The average molecular weight is 155 g/mol.